The lowest BCUT2D eigenvalue weighted by molar-refractivity contribution is -0.155. The third kappa shape index (κ3) is 4.07. The number of esters is 1. The maximum atomic E-state index is 13.2. The second kappa shape index (κ2) is 8.86. The Morgan fingerprint density at radius 1 is 1.08 bits per heavy atom. The zero-order chi connectivity index (χ0) is 18.4. The van der Waals surface area contributed by atoms with Crippen molar-refractivity contribution in [1.29, 1.82) is 0 Å². The number of aliphatic hydroxyl groups is 1. The van der Waals surface area contributed by atoms with Gasteiger partial charge in [-0.15, -0.1) is 0 Å². The first kappa shape index (κ1) is 18.5. The number of hydrogen-bond donors (Lipinski definition) is 1. The van der Waals surface area contributed by atoms with Crippen LogP contribution < -0.4 is 4.74 Å². The standard InChI is InChI=1S/C22H26O4/c1-25-19-14-8-7-13-18(19)21(17-11-5-6-12-17)22(24)26-20(15-23)16-9-3-2-4-10-16/h2-4,7-10,13-14,17,20-21,23H,5-6,11-12,15H2,1H3. The molecule has 1 aliphatic carbocycles. The highest BCUT2D eigenvalue weighted by Crippen LogP contribution is 2.42. The van der Waals surface area contributed by atoms with Crippen LogP contribution in [0.2, 0.25) is 0 Å². The molecule has 26 heavy (non-hydrogen) atoms. The monoisotopic (exact) mass is 354 g/mol. The first-order valence-corrected chi connectivity index (χ1v) is 9.23. The van der Waals surface area contributed by atoms with Crippen molar-refractivity contribution in [1.82, 2.24) is 0 Å². The van der Waals surface area contributed by atoms with Gasteiger partial charge < -0.3 is 14.6 Å². The molecule has 1 fully saturated rings. The van der Waals surface area contributed by atoms with Crippen LogP contribution in [0.3, 0.4) is 0 Å². The molecule has 3 rings (SSSR count). The van der Waals surface area contributed by atoms with Crippen molar-refractivity contribution in [3.63, 3.8) is 0 Å². The van der Waals surface area contributed by atoms with Crippen molar-refractivity contribution in [2.24, 2.45) is 5.92 Å². The van der Waals surface area contributed by atoms with Crippen LogP contribution in [-0.2, 0) is 9.53 Å². The average molecular weight is 354 g/mol. The first-order chi connectivity index (χ1) is 12.7. The van der Waals surface area contributed by atoms with Gasteiger partial charge in [0, 0.05) is 5.56 Å². The SMILES string of the molecule is COc1ccccc1C(C(=O)OC(CO)c1ccccc1)C1CCCC1. The second-order valence-electron chi connectivity index (χ2n) is 6.78. The quantitative estimate of drug-likeness (QED) is 0.756. The fraction of sp³-hybridized carbons (Fsp3) is 0.409. The summed E-state index contributed by atoms with van der Waals surface area (Å²) in [5.41, 5.74) is 1.67. The minimum absolute atomic E-state index is 0.237. The van der Waals surface area contributed by atoms with Crippen molar-refractivity contribution in [2.45, 2.75) is 37.7 Å². The molecule has 2 aromatic rings. The Balaban J connectivity index is 1.87. The number of methoxy groups -OCH3 is 1. The van der Waals surface area contributed by atoms with Gasteiger partial charge in [0.25, 0.3) is 0 Å². The molecule has 1 saturated carbocycles. The second-order valence-corrected chi connectivity index (χ2v) is 6.78. The smallest absolute Gasteiger partial charge is 0.314 e. The van der Waals surface area contributed by atoms with Gasteiger partial charge in [-0.3, -0.25) is 4.79 Å². The highest BCUT2D eigenvalue weighted by Gasteiger charge is 2.36. The van der Waals surface area contributed by atoms with E-state index in [4.69, 9.17) is 9.47 Å². The number of carbonyl (C=O) groups excluding carboxylic acids is 1. The molecule has 1 N–H and O–H groups in total. The number of hydrogen-bond acceptors (Lipinski definition) is 4. The normalized spacial score (nSPS) is 16.8. The van der Waals surface area contributed by atoms with Gasteiger partial charge >= 0.3 is 5.97 Å². The Morgan fingerprint density at radius 3 is 2.38 bits per heavy atom. The van der Waals surface area contributed by atoms with Crippen molar-refractivity contribution < 1.29 is 19.4 Å². The lowest BCUT2D eigenvalue weighted by atomic mass is 9.84. The maximum Gasteiger partial charge on any atom is 0.314 e. The Morgan fingerprint density at radius 2 is 1.73 bits per heavy atom. The number of ether oxygens (including phenoxy) is 2. The van der Waals surface area contributed by atoms with Crippen molar-refractivity contribution in [3.8, 4) is 5.75 Å². The van der Waals surface area contributed by atoms with E-state index in [2.05, 4.69) is 0 Å². The Hall–Kier alpha value is -2.33. The summed E-state index contributed by atoms with van der Waals surface area (Å²) in [6, 6.07) is 17.0. The molecule has 0 aliphatic heterocycles. The summed E-state index contributed by atoms with van der Waals surface area (Å²) in [5, 5.41) is 9.74. The van der Waals surface area contributed by atoms with Crippen molar-refractivity contribution >= 4 is 5.97 Å². The lowest BCUT2D eigenvalue weighted by Gasteiger charge is -2.26. The van der Waals surface area contributed by atoms with Gasteiger partial charge in [0.05, 0.1) is 19.6 Å². The summed E-state index contributed by atoms with van der Waals surface area (Å²) in [6.45, 7) is -0.237. The fourth-order valence-electron chi connectivity index (χ4n) is 3.88. The highest BCUT2D eigenvalue weighted by atomic mass is 16.6. The minimum Gasteiger partial charge on any atom is -0.496 e. The summed E-state index contributed by atoms with van der Waals surface area (Å²) in [5.74, 6) is 0.297. The third-order valence-electron chi connectivity index (χ3n) is 5.19. The average Bonchev–Trinajstić information content (AvgIpc) is 3.21. The Labute approximate surface area is 154 Å². The van der Waals surface area contributed by atoms with Crippen LogP contribution in [0.15, 0.2) is 54.6 Å². The summed E-state index contributed by atoms with van der Waals surface area (Å²) >= 11 is 0. The van der Waals surface area contributed by atoms with E-state index in [0.29, 0.717) is 5.75 Å². The van der Waals surface area contributed by atoms with E-state index in [0.717, 1.165) is 36.8 Å². The van der Waals surface area contributed by atoms with E-state index in [1.165, 1.54) is 0 Å². The van der Waals surface area contributed by atoms with E-state index in [-0.39, 0.29) is 24.4 Å². The van der Waals surface area contributed by atoms with E-state index in [1.807, 2.05) is 54.6 Å². The molecule has 0 spiro atoms. The number of aliphatic hydroxyl groups excluding tert-OH is 1. The Kier molecular flexibility index (Phi) is 6.29. The molecule has 2 unspecified atom stereocenters. The van der Waals surface area contributed by atoms with Gasteiger partial charge in [0.15, 0.2) is 0 Å². The van der Waals surface area contributed by atoms with Crippen LogP contribution in [0.25, 0.3) is 0 Å². The largest absolute Gasteiger partial charge is 0.496 e. The van der Waals surface area contributed by atoms with E-state index < -0.39 is 6.10 Å². The molecule has 0 amide bonds. The highest BCUT2D eigenvalue weighted by molar-refractivity contribution is 5.80. The molecule has 2 aromatic carbocycles. The van der Waals surface area contributed by atoms with Crippen molar-refractivity contribution in [2.75, 3.05) is 13.7 Å². The molecule has 0 bridgehead atoms. The molecule has 4 nitrogen and oxygen atoms in total. The molecular formula is C22H26O4. The number of rotatable bonds is 7. The van der Waals surface area contributed by atoms with Crippen LogP contribution in [0, 0.1) is 5.92 Å². The summed E-state index contributed by atoms with van der Waals surface area (Å²) in [6.07, 6.45) is 3.62. The van der Waals surface area contributed by atoms with Crippen LogP contribution in [0.1, 0.15) is 48.8 Å². The molecule has 0 heterocycles. The van der Waals surface area contributed by atoms with Gasteiger partial charge in [-0.2, -0.15) is 0 Å². The van der Waals surface area contributed by atoms with Crippen molar-refractivity contribution in [3.05, 3.63) is 65.7 Å². The Bertz CT molecular complexity index is 707. The molecule has 0 saturated heterocycles. The number of para-hydroxylation sites is 1. The van der Waals surface area contributed by atoms with E-state index in [9.17, 15) is 9.90 Å². The van der Waals surface area contributed by atoms with Crippen LogP contribution in [-0.4, -0.2) is 24.8 Å². The van der Waals surface area contributed by atoms with Crippen LogP contribution in [0.4, 0.5) is 0 Å². The van der Waals surface area contributed by atoms with E-state index >= 15 is 0 Å². The van der Waals surface area contributed by atoms with Gasteiger partial charge in [0.2, 0.25) is 0 Å². The molecule has 1 aliphatic rings. The molecule has 2 atom stereocenters. The third-order valence-corrected chi connectivity index (χ3v) is 5.19. The summed E-state index contributed by atoms with van der Waals surface area (Å²) < 4.78 is 11.3. The van der Waals surface area contributed by atoms with E-state index in [1.54, 1.807) is 7.11 Å². The molecule has 138 valence electrons. The van der Waals surface area contributed by atoms with Crippen LogP contribution in [0.5, 0.6) is 5.75 Å². The van der Waals surface area contributed by atoms with Gasteiger partial charge in [-0.25, -0.2) is 0 Å². The number of carbonyl (C=O) groups is 1. The molecule has 0 radical (unpaired) electrons. The first-order valence-electron chi connectivity index (χ1n) is 9.23. The lowest BCUT2D eigenvalue weighted by Crippen LogP contribution is -2.26. The van der Waals surface area contributed by atoms with Gasteiger partial charge in [0.1, 0.15) is 11.9 Å². The predicted octanol–water partition coefficient (Wildman–Crippen LogP) is 4.25. The molecular weight excluding hydrogens is 328 g/mol. The van der Waals surface area contributed by atoms with Gasteiger partial charge in [-0.05, 0) is 30.4 Å². The fourth-order valence-corrected chi connectivity index (χ4v) is 3.88. The molecule has 0 aromatic heterocycles. The number of benzene rings is 2. The maximum absolute atomic E-state index is 13.2. The van der Waals surface area contributed by atoms with Gasteiger partial charge in [-0.1, -0.05) is 61.4 Å². The minimum atomic E-state index is -0.651. The zero-order valence-electron chi connectivity index (χ0n) is 15.1. The molecule has 4 heteroatoms. The van der Waals surface area contributed by atoms with Crippen LogP contribution >= 0.6 is 0 Å². The summed E-state index contributed by atoms with van der Waals surface area (Å²) in [4.78, 5) is 13.2. The summed E-state index contributed by atoms with van der Waals surface area (Å²) in [7, 11) is 1.62. The zero-order valence-corrected chi connectivity index (χ0v) is 15.1. The predicted molar refractivity (Wildman–Crippen MR) is 100 cm³/mol. The topological polar surface area (TPSA) is 55.8 Å².